The van der Waals surface area contributed by atoms with Gasteiger partial charge in [0, 0.05) is 25.7 Å². The largest absolute Gasteiger partial charge is 0.378 e. The van der Waals surface area contributed by atoms with E-state index < -0.39 is 0 Å². The number of hydrogen-bond donors (Lipinski definition) is 0. The molecule has 2 heterocycles. The van der Waals surface area contributed by atoms with E-state index in [0.717, 1.165) is 16.5 Å². The van der Waals surface area contributed by atoms with Gasteiger partial charge in [-0.05, 0) is 11.0 Å². The molecule has 1 aromatic carbocycles. The van der Waals surface area contributed by atoms with Crippen molar-refractivity contribution in [2.45, 2.75) is 31.3 Å². The average Bonchev–Trinajstić information content (AvgIpc) is 3.00. The topological polar surface area (TPSA) is 60.2 Å². The van der Waals surface area contributed by atoms with Gasteiger partial charge in [0.1, 0.15) is 0 Å². The number of ether oxygens (including phenoxy) is 1. The van der Waals surface area contributed by atoms with Gasteiger partial charge in [-0.2, -0.15) is 0 Å². The smallest absolute Gasteiger partial charge is 0.233 e. The molecule has 0 aliphatic carbocycles. The van der Waals surface area contributed by atoms with E-state index in [9.17, 15) is 4.79 Å². The number of amides is 1. The molecule has 0 bridgehead atoms. The highest BCUT2D eigenvalue weighted by Crippen LogP contribution is 2.27. The van der Waals surface area contributed by atoms with Crippen LogP contribution in [0.4, 0.5) is 0 Å². The maximum atomic E-state index is 12.3. The van der Waals surface area contributed by atoms with Gasteiger partial charge < -0.3 is 14.2 Å². The van der Waals surface area contributed by atoms with E-state index in [1.807, 2.05) is 16.5 Å². The number of thioether (sulfide) groups is 1. The van der Waals surface area contributed by atoms with Gasteiger partial charge in [-0.25, -0.2) is 0 Å². The van der Waals surface area contributed by atoms with Crippen molar-refractivity contribution in [3.63, 3.8) is 0 Å². The zero-order valence-electron chi connectivity index (χ0n) is 15.9. The van der Waals surface area contributed by atoms with Crippen LogP contribution in [-0.4, -0.2) is 57.6 Å². The van der Waals surface area contributed by atoms with Crippen molar-refractivity contribution in [2.24, 2.45) is 7.05 Å². The minimum absolute atomic E-state index is 0.123. The van der Waals surface area contributed by atoms with Crippen molar-refractivity contribution in [1.29, 1.82) is 0 Å². The second kappa shape index (κ2) is 7.80. The molecule has 7 heteroatoms. The Morgan fingerprint density at radius 2 is 1.81 bits per heavy atom. The fourth-order valence-electron chi connectivity index (χ4n) is 2.84. The fraction of sp³-hybridized carbons (Fsp3) is 0.526. The van der Waals surface area contributed by atoms with Gasteiger partial charge in [-0.15, -0.1) is 10.2 Å². The lowest BCUT2D eigenvalue weighted by Gasteiger charge is -2.26. The predicted molar refractivity (Wildman–Crippen MR) is 103 cm³/mol. The van der Waals surface area contributed by atoms with E-state index >= 15 is 0 Å². The van der Waals surface area contributed by atoms with Gasteiger partial charge in [-0.3, -0.25) is 4.79 Å². The Balaban J connectivity index is 1.67. The number of rotatable bonds is 4. The lowest BCUT2D eigenvalue weighted by Crippen LogP contribution is -2.41. The first-order valence-electron chi connectivity index (χ1n) is 8.85. The van der Waals surface area contributed by atoms with Crippen LogP contribution in [0.15, 0.2) is 29.4 Å². The molecule has 6 nitrogen and oxygen atoms in total. The van der Waals surface area contributed by atoms with E-state index in [1.54, 1.807) is 0 Å². The van der Waals surface area contributed by atoms with Crippen LogP contribution in [0, 0.1) is 0 Å². The Morgan fingerprint density at radius 3 is 2.42 bits per heavy atom. The van der Waals surface area contributed by atoms with Crippen molar-refractivity contribution < 1.29 is 9.53 Å². The summed E-state index contributed by atoms with van der Waals surface area (Å²) in [5.41, 5.74) is 2.44. The molecule has 1 saturated heterocycles. The molecule has 0 radical (unpaired) electrons. The van der Waals surface area contributed by atoms with E-state index in [1.165, 1.54) is 17.3 Å². The summed E-state index contributed by atoms with van der Waals surface area (Å²) < 4.78 is 7.23. The zero-order chi connectivity index (χ0) is 18.7. The first-order chi connectivity index (χ1) is 12.4. The minimum atomic E-state index is 0.123. The number of nitrogens with zero attached hydrogens (tertiary/aromatic N) is 4. The van der Waals surface area contributed by atoms with Crippen LogP contribution in [-0.2, 0) is 22.0 Å². The van der Waals surface area contributed by atoms with Crippen molar-refractivity contribution in [3.05, 3.63) is 29.8 Å². The summed E-state index contributed by atoms with van der Waals surface area (Å²) in [6.45, 7) is 9.18. The first-order valence-corrected chi connectivity index (χ1v) is 9.83. The molecule has 1 aromatic heterocycles. The number of carbonyl (C=O) groups excluding carboxylic acids is 1. The van der Waals surface area contributed by atoms with Crippen molar-refractivity contribution in [3.8, 4) is 11.4 Å². The fourth-order valence-corrected chi connectivity index (χ4v) is 3.66. The third-order valence-electron chi connectivity index (χ3n) is 4.53. The van der Waals surface area contributed by atoms with Gasteiger partial charge >= 0.3 is 0 Å². The number of morpholine rings is 1. The molecule has 140 valence electrons. The number of aromatic nitrogens is 3. The molecule has 0 saturated carbocycles. The highest BCUT2D eigenvalue weighted by Gasteiger charge is 2.19. The molecule has 2 aromatic rings. The normalized spacial score (nSPS) is 15.3. The molecule has 1 fully saturated rings. The molecule has 1 aliphatic heterocycles. The lowest BCUT2D eigenvalue weighted by atomic mass is 9.87. The van der Waals surface area contributed by atoms with Crippen LogP contribution in [0.3, 0.4) is 0 Å². The van der Waals surface area contributed by atoms with E-state index in [2.05, 4.69) is 55.2 Å². The second-order valence-corrected chi connectivity index (χ2v) is 8.42. The lowest BCUT2D eigenvalue weighted by molar-refractivity contribution is -0.132. The Labute approximate surface area is 158 Å². The molecule has 1 aliphatic rings. The van der Waals surface area contributed by atoms with Crippen molar-refractivity contribution in [2.75, 3.05) is 32.1 Å². The highest BCUT2D eigenvalue weighted by atomic mass is 32.2. The molecule has 0 spiro atoms. The summed E-state index contributed by atoms with van der Waals surface area (Å²) >= 11 is 1.43. The van der Waals surface area contributed by atoms with Gasteiger partial charge in [0.2, 0.25) is 5.91 Å². The van der Waals surface area contributed by atoms with E-state index in [-0.39, 0.29) is 11.3 Å². The third-order valence-corrected chi connectivity index (χ3v) is 5.54. The Morgan fingerprint density at radius 1 is 1.15 bits per heavy atom. The first kappa shape index (κ1) is 18.9. The van der Waals surface area contributed by atoms with Crippen LogP contribution in [0.25, 0.3) is 11.4 Å². The van der Waals surface area contributed by atoms with Crippen LogP contribution >= 0.6 is 11.8 Å². The second-order valence-electron chi connectivity index (χ2n) is 7.47. The summed E-state index contributed by atoms with van der Waals surface area (Å²) in [7, 11) is 1.94. The molecular formula is C19H26N4O2S. The minimum Gasteiger partial charge on any atom is -0.378 e. The van der Waals surface area contributed by atoms with Crippen LogP contribution < -0.4 is 0 Å². The summed E-state index contributed by atoms with van der Waals surface area (Å²) in [6.07, 6.45) is 0. The SMILES string of the molecule is Cn1c(SCC(=O)N2CCOCC2)nnc1-c1ccc(C(C)(C)C)cc1. The molecule has 0 atom stereocenters. The molecular weight excluding hydrogens is 348 g/mol. The standard InChI is InChI=1S/C19H26N4O2S/c1-19(2,3)15-7-5-14(6-8-15)17-20-21-18(22(17)4)26-13-16(24)23-9-11-25-12-10-23/h5-8H,9-13H2,1-4H3. The maximum absolute atomic E-state index is 12.3. The Hall–Kier alpha value is -1.86. The summed E-state index contributed by atoms with van der Waals surface area (Å²) in [4.78, 5) is 14.1. The van der Waals surface area contributed by atoms with Crippen molar-refractivity contribution in [1.82, 2.24) is 19.7 Å². The van der Waals surface area contributed by atoms with E-state index in [0.29, 0.717) is 32.1 Å². The number of benzene rings is 1. The molecule has 3 rings (SSSR count). The molecule has 0 unspecified atom stereocenters. The average molecular weight is 375 g/mol. The molecule has 1 amide bonds. The summed E-state index contributed by atoms with van der Waals surface area (Å²) in [6, 6.07) is 8.44. The van der Waals surface area contributed by atoms with Crippen LogP contribution in [0.2, 0.25) is 0 Å². The Kier molecular flexibility index (Phi) is 5.67. The number of hydrogen-bond acceptors (Lipinski definition) is 5. The summed E-state index contributed by atoms with van der Waals surface area (Å²) in [5, 5.41) is 9.33. The quantitative estimate of drug-likeness (QED) is 0.770. The zero-order valence-corrected chi connectivity index (χ0v) is 16.7. The van der Waals surface area contributed by atoms with Crippen LogP contribution in [0.1, 0.15) is 26.3 Å². The highest BCUT2D eigenvalue weighted by molar-refractivity contribution is 7.99. The van der Waals surface area contributed by atoms with Gasteiger partial charge in [-0.1, -0.05) is 56.8 Å². The Bertz CT molecular complexity index is 759. The van der Waals surface area contributed by atoms with Crippen LogP contribution in [0.5, 0.6) is 0 Å². The third kappa shape index (κ3) is 4.27. The monoisotopic (exact) mass is 374 g/mol. The van der Waals surface area contributed by atoms with E-state index in [4.69, 9.17) is 4.74 Å². The summed E-state index contributed by atoms with van der Waals surface area (Å²) in [5.74, 6) is 1.30. The van der Waals surface area contributed by atoms with Gasteiger partial charge in [0.05, 0.1) is 19.0 Å². The van der Waals surface area contributed by atoms with Crippen molar-refractivity contribution >= 4 is 17.7 Å². The molecule has 0 N–H and O–H groups in total. The predicted octanol–water partition coefficient (Wildman–Crippen LogP) is 2.73. The number of carbonyl (C=O) groups is 1. The maximum Gasteiger partial charge on any atom is 0.233 e. The van der Waals surface area contributed by atoms with Gasteiger partial charge in [0.15, 0.2) is 11.0 Å². The van der Waals surface area contributed by atoms with Gasteiger partial charge in [0.25, 0.3) is 0 Å². The molecule has 26 heavy (non-hydrogen) atoms.